The lowest BCUT2D eigenvalue weighted by Gasteiger charge is -2.07. The number of epoxide rings is 1. The minimum Gasteiger partial charge on any atom is -0.490 e. The van der Waals surface area contributed by atoms with Crippen LogP contribution in [0, 0.1) is 6.61 Å². The molecule has 0 aromatic heterocycles. The summed E-state index contributed by atoms with van der Waals surface area (Å²) in [4.78, 5) is 0. The lowest BCUT2D eigenvalue weighted by atomic mass is 10.1. The van der Waals surface area contributed by atoms with Gasteiger partial charge in [0.05, 0.1) is 0 Å². The summed E-state index contributed by atoms with van der Waals surface area (Å²) in [6.45, 7) is 2.39. The summed E-state index contributed by atoms with van der Waals surface area (Å²) >= 11 is 0. The van der Waals surface area contributed by atoms with Crippen molar-refractivity contribution in [2.75, 3.05) is 6.61 Å². The summed E-state index contributed by atoms with van der Waals surface area (Å²) in [6, 6.07) is 14.3. The van der Waals surface area contributed by atoms with Crippen LogP contribution in [-0.2, 0) is 4.74 Å². The molecule has 3 rings (SSSR count). The highest BCUT2D eigenvalue weighted by atomic mass is 16.6. The molecular formula is C13H11O2. The predicted octanol–water partition coefficient (Wildman–Crippen LogP) is 2.78. The molecule has 1 unspecified atom stereocenters. The smallest absolute Gasteiger partial charge is 0.127 e. The number of hydrogen-bond donors (Lipinski definition) is 0. The highest BCUT2D eigenvalue weighted by Crippen LogP contribution is 2.26. The molecule has 0 N–H and O–H groups in total. The minimum absolute atomic E-state index is 0.184. The first kappa shape index (κ1) is 8.74. The quantitative estimate of drug-likeness (QED) is 0.709. The third-order valence-corrected chi connectivity index (χ3v) is 2.48. The van der Waals surface area contributed by atoms with Crippen LogP contribution in [0.5, 0.6) is 5.75 Å². The maximum Gasteiger partial charge on any atom is 0.127 e. The summed E-state index contributed by atoms with van der Waals surface area (Å²) in [6.07, 6.45) is 0.184. The molecule has 0 spiro atoms. The summed E-state index contributed by atoms with van der Waals surface area (Å²) < 4.78 is 10.7. The molecule has 2 aromatic rings. The Kier molecular flexibility index (Phi) is 2.07. The zero-order valence-electron chi connectivity index (χ0n) is 8.22. The third kappa shape index (κ3) is 1.81. The molecule has 1 radical (unpaired) electrons. The van der Waals surface area contributed by atoms with Crippen molar-refractivity contribution >= 4 is 10.8 Å². The number of ether oxygens (including phenoxy) is 2. The zero-order chi connectivity index (χ0) is 10.1. The van der Waals surface area contributed by atoms with Gasteiger partial charge in [0.15, 0.2) is 0 Å². The van der Waals surface area contributed by atoms with Gasteiger partial charge in [-0.15, -0.1) is 0 Å². The van der Waals surface area contributed by atoms with Gasteiger partial charge in [-0.25, -0.2) is 0 Å². The lowest BCUT2D eigenvalue weighted by molar-refractivity contribution is 0.266. The normalized spacial score (nSPS) is 19.1. The van der Waals surface area contributed by atoms with Crippen LogP contribution in [0.25, 0.3) is 10.8 Å². The number of benzene rings is 2. The van der Waals surface area contributed by atoms with E-state index >= 15 is 0 Å². The Balaban J connectivity index is 1.93. The van der Waals surface area contributed by atoms with Crippen LogP contribution in [0.1, 0.15) is 0 Å². The highest BCUT2D eigenvalue weighted by Gasteiger charge is 2.24. The molecule has 1 saturated heterocycles. The van der Waals surface area contributed by atoms with E-state index in [1.165, 1.54) is 5.39 Å². The Hall–Kier alpha value is -1.54. The van der Waals surface area contributed by atoms with Gasteiger partial charge in [-0.1, -0.05) is 36.4 Å². The van der Waals surface area contributed by atoms with Crippen LogP contribution in [0.2, 0.25) is 0 Å². The van der Waals surface area contributed by atoms with Gasteiger partial charge in [0, 0.05) is 5.39 Å². The van der Waals surface area contributed by atoms with Crippen LogP contribution < -0.4 is 4.74 Å². The fourth-order valence-corrected chi connectivity index (χ4v) is 1.63. The van der Waals surface area contributed by atoms with Gasteiger partial charge in [0.2, 0.25) is 0 Å². The molecule has 1 aliphatic rings. The maximum absolute atomic E-state index is 5.69. The first-order valence-corrected chi connectivity index (χ1v) is 5.03. The van der Waals surface area contributed by atoms with Crippen molar-refractivity contribution in [3.05, 3.63) is 49.1 Å². The molecule has 0 saturated carbocycles. The fourth-order valence-electron chi connectivity index (χ4n) is 1.63. The summed E-state index contributed by atoms with van der Waals surface area (Å²) in [5.74, 6) is 0.928. The molecule has 0 bridgehead atoms. The van der Waals surface area contributed by atoms with Gasteiger partial charge in [0.1, 0.15) is 25.1 Å². The van der Waals surface area contributed by atoms with Crippen LogP contribution in [-0.4, -0.2) is 12.7 Å². The maximum atomic E-state index is 5.69. The predicted molar refractivity (Wildman–Crippen MR) is 58.6 cm³/mol. The Morgan fingerprint density at radius 2 is 1.87 bits per heavy atom. The van der Waals surface area contributed by atoms with E-state index in [9.17, 15) is 0 Å². The van der Waals surface area contributed by atoms with E-state index in [0.717, 1.165) is 11.1 Å². The fraction of sp³-hybridized carbons (Fsp3) is 0.154. The van der Waals surface area contributed by atoms with Gasteiger partial charge in [0.25, 0.3) is 0 Å². The standard InChI is InChI=1S/C13H11O2/c1-2-6-12-10(4-1)5-3-7-13(12)15-9-11-8-14-11/h1-8,11H,9H2. The van der Waals surface area contributed by atoms with Gasteiger partial charge in [-0.3, -0.25) is 0 Å². The van der Waals surface area contributed by atoms with E-state index < -0.39 is 0 Å². The second kappa shape index (κ2) is 3.55. The van der Waals surface area contributed by atoms with E-state index in [1.54, 1.807) is 6.61 Å². The Bertz CT molecular complexity index is 469. The molecule has 0 amide bonds. The Labute approximate surface area is 88.4 Å². The van der Waals surface area contributed by atoms with Crippen molar-refractivity contribution in [1.29, 1.82) is 0 Å². The Morgan fingerprint density at radius 1 is 1.07 bits per heavy atom. The molecule has 1 heterocycles. The third-order valence-electron chi connectivity index (χ3n) is 2.48. The van der Waals surface area contributed by atoms with Crippen LogP contribution >= 0.6 is 0 Å². The first-order valence-electron chi connectivity index (χ1n) is 5.03. The molecule has 2 aromatic carbocycles. The highest BCUT2D eigenvalue weighted by molar-refractivity contribution is 5.88. The minimum atomic E-state index is 0.184. The van der Waals surface area contributed by atoms with Gasteiger partial charge in [-0.2, -0.15) is 0 Å². The van der Waals surface area contributed by atoms with Crippen molar-refractivity contribution in [2.24, 2.45) is 0 Å². The number of fused-ring (bicyclic) bond motifs is 1. The molecule has 1 atom stereocenters. The largest absolute Gasteiger partial charge is 0.490 e. The SMILES string of the molecule is [CH]1OC1COc1cccc2ccccc12. The summed E-state index contributed by atoms with van der Waals surface area (Å²) in [5.41, 5.74) is 0. The van der Waals surface area contributed by atoms with E-state index in [2.05, 4.69) is 18.2 Å². The summed E-state index contributed by atoms with van der Waals surface area (Å²) in [7, 11) is 0. The molecule has 0 aliphatic carbocycles. The van der Waals surface area contributed by atoms with Gasteiger partial charge >= 0.3 is 0 Å². The number of hydrogen-bond acceptors (Lipinski definition) is 2. The van der Waals surface area contributed by atoms with Crippen molar-refractivity contribution in [2.45, 2.75) is 6.10 Å². The van der Waals surface area contributed by atoms with Gasteiger partial charge in [-0.05, 0) is 11.5 Å². The molecule has 75 valence electrons. The van der Waals surface area contributed by atoms with E-state index in [-0.39, 0.29) is 6.10 Å². The van der Waals surface area contributed by atoms with Crippen molar-refractivity contribution in [3.63, 3.8) is 0 Å². The van der Waals surface area contributed by atoms with Crippen molar-refractivity contribution in [1.82, 2.24) is 0 Å². The average molecular weight is 199 g/mol. The number of rotatable bonds is 3. The van der Waals surface area contributed by atoms with Crippen molar-refractivity contribution < 1.29 is 9.47 Å². The summed E-state index contributed by atoms with van der Waals surface area (Å²) in [5, 5.41) is 2.36. The van der Waals surface area contributed by atoms with E-state index in [1.807, 2.05) is 24.3 Å². The molecule has 1 fully saturated rings. The molecule has 2 heteroatoms. The van der Waals surface area contributed by atoms with Crippen molar-refractivity contribution in [3.8, 4) is 5.75 Å². The van der Waals surface area contributed by atoms with Gasteiger partial charge < -0.3 is 9.47 Å². The first-order chi connectivity index (χ1) is 7.43. The second-order valence-corrected chi connectivity index (χ2v) is 3.60. The monoisotopic (exact) mass is 199 g/mol. The topological polar surface area (TPSA) is 21.8 Å². The Morgan fingerprint density at radius 3 is 2.73 bits per heavy atom. The molecule has 15 heavy (non-hydrogen) atoms. The molecule has 1 aliphatic heterocycles. The van der Waals surface area contributed by atoms with Crippen LogP contribution in [0.15, 0.2) is 42.5 Å². The molecular weight excluding hydrogens is 188 g/mol. The second-order valence-electron chi connectivity index (χ2n) is 3.60. The average Bonchev–Trinajstić information content (AvgIpc) is 3.10. The van der Waals surface area contributed by atoms with E-state index in [4.69, 9.17) is 9.47 Å². The lowest BCUT2D eigenvalue weighted by Crippen LogP contribution is -2.03. The van der Waals surface area contributed by atoms with Crippen LogP contribution in [0.3, 0.4) is 0 Å². The van der Waals surface area contributed by atoms with E-state index in [0.29, 0.717) is 6.61 Å². The van der Waals surface area contributed by atoms with Crippen LogP contribution in [0.4, 0.5) is 0 Å². The molecule has 2 nitrogen and oxygen atoms in total. The zero-order valence-corrected chi connectivity index (χ0v) is 8.22.